The Bertz CT molecular complexity index is 1260. The molecule has 3 unspecified atom stereocenters. The van der Waals surface area contributed by atoms with E-state index in [4.69, 9.17) is 9.05 Å². The van der Waals surface area contributed by atoms with Gasteiger partial charge < -0.3 is 28.8 Å². The van der Waals surface area contributed by atoms with Gasteiger partial charge in [0.1, 0.15) is 13.2 Å². The van der Waals surface area contributed by atoms with Crippen LogP contribution in [0.2, 0.25) is 0 Å². The van der Waals surface area contributed by atoms with Crippen LogP contribution in [-0.4, -0.2) is 68.5 Å². The molecule has 1 amide bonds. The van der Waals surface area contributed by atoms with E-state index < -0.39 is 26.6 Å². The zero-order valence-electron chi connectivity index (χ0n) is 43.9. The number of hydrogen-bond acceptors (Lipinski definition) is 6. The largest absolute Gasteiger partial charge is 0.756 e. The second kappa shape index (κ2) is 48.2. The van der Waals surface area contributed by atoms with E-state index in [1.165, 1.54) is 161 Å². The maximum absolute atomic E-state index is 12.9. The average molecular weight is 947 g/mol. The Morgan fingerprint density at radius 3 is 1.33 bits per heavy atom. The van der Waals surface area contributed by atoms with Gasteiger partial charge in [-0.3, -0.25) is 9.36 Å². The molecule has 2 N–H and O–H groups in total. The molecule has 0 aliphatic rings. The van der Waals surface area contributed by atoms with Crippen LogP contribution < -0.4 is 10.2 Å². The van der Waals surface area contributed by atoms with Gasteiger partial charge in [0.15, 0.2) is 0 Å². The summed E-state index contributed by atoms with van der Waals surface area (Å²) in [5, 5.41) is 13.8. The van der Waals surface area contributed by atoms with E-state index in [0.29, 0.717) is 17.4 Å². The van der Waals surface area contributed by atoms with Gasteiger partial charge in [-0.2, -0.15) is 0 Å². The summed E-state index contributed by atoms with van der Waals surface area (Å²) in [6, 6.07) is -0.913. The van der Waals surface area contributed by atoms with E-state index >= 15 is 0 Å². The molecule has 0 aromatic rings. The molecule has 0 saturated carbocycles. The Hall–Kier alpha value is -1.80. The van der Waals surface area contributed by atoms with E-state index in [0.717, 1.165) is 64.2 Å². The fraction of sp³-hybridized carbons (Fsp3) is 0.807. The molecule has 0 rings (SSSR count). The number of likely N-dealkylation sites (N-methyl/N-ethyl adjacent to an activating group) is 1. The standard InChI is InChI=1S/C57H107N2O6P/c1-6-8-10-12-14-16-18-20-22-24-26-28-29-31-32-34-36-38-40-42-44-46-48-50-56(60)55(54-65-66(62,63)64-53-52-59(3,4)5)58-57(61)51-49-47-45-43-41-39-37-35-33-30-27-25-23-21-19-17-15-13-11-9-7-2/h19,21,25,27,33,35,40,42,48,50,55-56,60H,6-18,20,22-24,26,28-32,34,36-39,41,43-47,49,51-54H2,1-5H3,(H-,58,61,62,63)/b21-19-,27-25-,35-33-,42-40+,50-48+. The number of aliphatic hydroxyl groups is 1. The number of nitrogens with zero attached hydrogens (tertiary/aromatic N) is 1. The molecular weight excluding hydrogens is 840 g/mol. The molecule has 0 saturated heterocycles. The first-order chi connectivity index (χ1) is 32.0. The fourth-order valence-electron chi connectivity index (χ4n) is 7.82. The van der Waals surface area contributed by atoms with Crippen LogP contribution in [-0.2, 0) is 18.4 Å². The lowest BCUT2D eigenvalue weighted by Gasteiger charge is -2.29. The third-order valence-electron chi connectivity index (χ3n) is 12.2. The number of quaternary nitrogens is 1. The monoisotopic (exact) mass is 947 g/mol. The maximum atomic E-state index is 12.9. The van der Waals surface area contributed by atoms with Crippen molar-refractivity contribution < 1.29 is 32.9 Å². The predicted octanol–water partition coefficient (Wildman–Crippen LogP) is 15.9. The number of phosphoric ester groups is 1. The minimum Gasteiger partial charge on any atom is -0.756 e. The smallest absolute Gasteiger partial charge is 0.268 e. The fourth-order valence-corrected chi connectivity index (χ4v) is 8.55. The van der Waals surface area contributed by atoms with Crippen molar-refractivity contribution in [2.24, 2.45) is 0 Å². The highest BCUT2D eigenvalue weighted by molar-refractivity contribution is 7.45. The molecule has 0 spiro atoms. The number of unbranched alkanes of at least 4 members (excludes halogenated alkanes) is 29. The molecule has 0 aromatic carbocycles. The summed E-state index contributed by atoms with van der Waals surface area (Å²) in [7, 11) is 1.23. The first-order valence-electron chi connectivity index (χ1n) is 27.7. The molecule has 0 aliphatic heterocycles. The molecule has 8 nitrogen and oxygen atoms in total. The summed E-state index contributed by atoms with van der Waals surface area (Å²) in [5.74, 6) is -0.219. The first-order valence-corrected chi connectivity index (χ1v) is 29.1. The van der Waals surface area contributed by atoms with E-state index in [9.17, 15) is 19.4 Å². The Balaban J connectivity index is 4.34. The Morgan fingerprint density at radius 1 is 0.530 bits per heavy atom. The van der Waals surface area contributed by atoms with Crippen LogP contribution in [0.5, 0.6) is 0 Å². The van der Waals surface area contributed by atoms with Crippen molar-refractivity contribution in [3.8, 4) is 0 Å². The number of nitrogens with one attached hydrogen (secondary N) is 1. The molecule has 0 bridgehead atoms. The topological polar surface area (TPSA) is 108 Å². The van der Waals surface area contributed by atoms with Gasteiger partial charge >= 0.3 is 0 Å². The second-order valence-corrected chi connectivity index (χ2v) is 21.3. The number of allylic oxidation sites excluding steroid dienone is 9. The van der Waals surface area contributed by atoms with Crippen molar-refractivity contribution in [3.05, 3.63) is 60.8 Å². The normalized spacial score (nSPS) is 14.5. The van der Waals surface area contributed by atoms with Crippen LogP contribution >= 0.6 is 7.82 Å². The van der Waals surface area contributed by atoms with Gasteiger partial charge in [0.05, 0.1) is 39.9 Å². The van der Waals surface area contributed by atoms with Crippen molar-refractivity contribution in [2.75, 3.05) is 40.9 Å². The molecule has 386 valence electrons. The predicted molar refractivity (Wildman–Crippen MR) is 284 cm³/mol. The molecule has 0 fully saturated rings. The van der Waals surface area contributed by atoms with Gasteiger partial charge in [0.25, 0.3) is 7.82 Å². The van der Waals surface area contributed by atoms with Gasteiger partial charge in [-0.05, 0) is 70.6 Å². The van der Waals surface area contributed by atoms with Crippen molar-refractivity contribution in [2.45, 2.75) is 257 Å². The quantitative estimate of drug-likeness (QED) is 0.0272. The molecule has 66 heavy (non-hydrogen) atoms. The average Bonchev–Trinajstić information content (AvgIpc) is 3.28. The number of carbonyl (C=O) groups is 1. The van der Waals surface area contributed by atoms with Crippen LogP contribution in [0.3, 0.4) is 0 Å². The Labute approximate surface area is 409 Å². The molecule has 0 heterocycles. The summed E-state index contributed by atoms with van der Waals surface area (Å²) in [4.78, 5) is 25.5. The third kappa shape index (κ3) is 50.1. The molecule has 0 radical (unpaired) electrons. The number of aliphatic hydroxyl groups excluding tert-OH is 1. The van der Waals surface area contributed by atoms with Gasteiger partial charge in [-0.1, -0.05) is 229 Å². The van der Waals surface area contributed by atoms with E-state index in [1.54, 1.807) is 6.08 Å². The molecule has 3 atom stereocenters. The van der Waals surface area contributed by atoms with E-state index in [2.05, 4.69) is 67.8 Å². The molecular formula is C57H107N2O6P. The zero-order valence-corrected chi connectivity index (χ0v) is 44.8. The van der Waals surface area contributed by atoms with Gasteiger partial charge in [0.2, 0.25) is 5.91 Å². The minimum absolute atomic E-state index is 0.0112. The Morgan fingerprint density at radius 2 is 0.894 bits per heavy atom. The van der Waals surface area contributed by atoms with Gasteiger partial charge in [-0.15, -0.1) is 0 Å². The number of carbonyl (C=O) groups excluding carboxylic acids is 1. The van der Waals surface area contributed by atoms with Gasteiger partial charge in [-0.25, -0.2) is 0 Å². The SMILES string of the molecule is CCCCCCC/C=C\C/C=C\C/C=C\CCCCCCCCC(=O)NC(COP(=O)([O-])OCC[N+](C)(C)C)C(O)/C=C/CC/C=C/CCCCCCCCCCCCCCCCCCC. The highest BCUT2D eigenvalue weighted by Crippen LogP contribution is 2.38. The minimum atomic E-state index is -4.61. The summed E-state index contributed by atoms with van der Waals surface area (Å²) < 4.78 is 23.3. The summed E-state index contributed by atoms with van der Waals surface area (Å²) in [6.45, 7) is 4.62. The molecule has 0 aliphatic carbocycles. The number of rotatable bonds is 50. The summed E-state index contributed by atoms with van der Waals surface area (Å²) in [5.41, 5.74) is 0. The van der Waals surface area contributed by atoms with Crippen LogP contribution in [0.25, 0.3) is 0 Å². The van der Waals surface area contributed by atoms with Gasteiger partial charge in [0, 0.05) is 6.42 Å². The summed E-state index contributed by atoms with van der Waals surface area (Å²) >= 11 is 0. The Kier molecular flexibility index (Phi) is 46.9. The maximum Gasteiger partial charge on any atom is 0.268 e. The van der Waals surface area contributed by atoms with Crippen LogP contribution in [0.15, 0.2) is 60.8 Å². The first kappa shape index (κ1) is 64.2. The lowest BCUT2D eigenvalue weighted by Crippen LogP contribution is -2.45. The number of hydrogen-bond donors (Lipinski definition) is 2. The second-order valence-electron chi connectivity index (χ2n) is 19.9. The lowest BCUT2D eigenvalue weighted by molar-refractivity contribution is -0.870. The van der Waals surface area contributed by atoms with E-state index in [1.807, 2.05) is 27.2 Å². The lowest BCUT2D eigenvalue weighted by atomic mass is 10.0. The summed E-state index contributed by atoms with van der Waals surface area (Å²) in [6.07, 6.45) is 64.3. The number of amides is 1. The zero-order chi connectivity index (χ0) is 48.5. The third-order valence-corrected chi connectivity index (χ3v) is 13.2. The van der Waals surface area contributed by atoms with Crippen molar-refractivity contribution in [1.82, 2.24) is 5.32 Å². The van der Waals surface area contributed by atoms with E-state index in [-0.39, 0.29) is 12.5 Å². The highest BCUT2D eigenvalue weighted by atomic mass is 31.2. The van der Waals surface area contributed by atoms with Crippen molar-refractivity contribution in [1.29, 1.82) is 0 Å². The van der Waals surface area contributed by atoms with Crippen LogP contribution in [0, 0.1) is 0 Å². The van der Waals surface area contributed by atoms with Crippen molar-refractivity contribution in [3.63, 3.8) is 0 Å². The molecule has 0 aromatic heterocycles. The van der Waals surface area contributed by atoms with Crippen LogP contribution in [0.4, 0.5) is 0 Å². The molecule has 9 heteroatoms. The highest BCUT2D eigenvalue weighted by Gasteiger charge is 2.23. The van der Waals surface area contributed by atoms with Crippen molar-refractivity contribution >= 4 is 13.7 Å². The van der Waals surface area contributed by atoms with Crippen LogP contribution in [0.1, 0.15) is 245 Å². The number of phosphoric acid groups is 1.